The van der Waals surface area contributed by atoms with E-state index in [4.69, 9.17) is 17.3 Å². The maximum Gasteiger partial charge on any atom is 0.140 e. The van der Waals surface area contributed by atoms with Gasteiger partial charge in [-0.15, -0.1) is 0 Å². The molecule has 1 aromatic carbocycles. The van der Waals surface area contributed by atoms with Crippen LogP contribution in [-0.2, 0) is 11.2 Å². The quantitative estimate of drug-likeness (QED) is 0.921. The predicted octanol–water partition coefficient (Wildman–Crippen LogP) is 3.36. The number of rotatable bonds is 4. The molecule has 2 N–H and O–H groups in total. The second-order valence-electron chi connectivity index (χ2n) is 5.23. The smallest absolute Gasteiger partial charge is 0.140 e. The molecule has 0 saturated heterocycles. The fourth-order valence-electron chi connectivity index (χ4n) is 2.92. The lowest BCUT2D eigenvalue weighted by Gasteiger charge is -2.29. The number of hydrogen-bond donors (Lipinski definition) is 1. The van der Waals surface area contributed by atoms with E-state index in [1.165, 1.54) is 6.07 Å². The van der Waals surface area contributed by atoms with Crippen LogP contribution in [0, 0.1) is 17.7 Å². The fraction of sp³-hybridized carbons (Fsp3) is 0.533. The van der Waals surface area contributed by atoms with Gasteiger partial charge in [0.1, 0.15) is 11.6 Å². The minimum absolute atomic E-state index is 0.0329. The number of halogens is 2. The van der Waals surface area contributed by atoms with E-state index < -0.39 is 5.82 Å². The summed E-state index contributed by atoms with van der Waals surface area (Å²) in [6.45, 7) is 0.529. The summed E-state index contributed by atoms with van der Waals surface area (Å²) in [5.41, 5.74) is 6.05. The Bertz CT molecular complexity index is 443. The van der Waals surface area contributed by atoms with Crippen molar-refractivity contribution in [1.82, 2.24) is 0 Å². The Labute approximate surface area is 118 Å². The van der Waals surface area contributed by atoms with Gasteiger partial charge in [0.05, 0.1) is 0 Å². The lowest BCUT2D eigenvalue weighted by atomic mass is 9.76. The maximum absolute atomic E-state index is 13.7. The van der Waals surface area contributed by atoms with Gasteiger partial charge in [-0.2, -0.15) is 0 Å². The van der Waals surface area contributed by atoms with Crippen molar-refractivity contribution in [3.63, 3.8) is 0 Å². The van der Waals surface area contributed by atoms with Gasteiger partial charge in [0, 0.05) is 22.9 Å². The number of carbonyl (C=O) groups excluding carboxylic acids is 1. The molecule has 4 heteroatoms. The average Bonchev–Trinajstić information content (AvgIpc) is 2.42. The highest BCUT2D eigenvalue weighted by atomic mass is 35.5. The van der Waals surface area contributed by atoms with Crippen molar-refractivity contribution in [3.05, 3.63) is 34.6 Å². The third-order valence-corrected chi connectivity index (χ3v) is 4.39. The molecule has 2 unspecified atom stereocenters. The van der Waals surface area contributed by atoms with Gasteiger partial charge < -0.3 is 5.73 Å². The van der Waals surface area contributed by atoms with Crippen LogP contribution in [0.3, 0.4) is 0 Å². The summed E-state index contributed by atoms with van der Waals surface area (Å²) in [6.07, 6.45) is 4.13. The zero-order valence-electron chi connectivity index (χ0n) is 10.9. The second-order valence-corrected chi connectivity index (χ2v) is 5.64. The fourth-order valence-corrected chi connectivity index (χ4v) is 3.15. The molecule has 2 atom stereocenters. The second kappa shape index (κ2) is 6.49. The molecular weight excluding hydrogens is 265 g/mol. The van der Waals surface area contributed by atoms with Crippen LogP contribution in [0.5, 0.6) is 0 Å². The summed E-state index contributed by atoms with van der Waals surface area (Å²) in [5, 5.41) is 0.327. The van der Waals surface area contributed by atoms with E-state index in [-0.39, 0.29) is 24.0 Å². The zero-order valence-corrected chi connectivity index (χ0v) is 11.6. The lowest BCUT2D eigenvalue weighted by Crippen LogP contribution is -2.33. The van der Waals surface area contributed by atoms with E-state index in [1.54, 1.807) is 12.1 Å². The van der Waals surface area contributed by atoms with E-state index in [9.17, 15) is 9.18 Å². The normalized spacial score (nSPS) is 23.3. The van der Waals surface area contributed by atoms with Gasteiger partial charge in [-0.25, -0.2) is 4.39 Å². The van der Waals surface area contributed by atoms with Crippen molar-refractivity contribution < 1.29 is 9.18 Å². The molecule has 0 bridgehead atoms. The Hall–Kier alpha value is -0.930. The molecule has 0 radical (unpaired) electrons. The lowest BCUT2D eigenvalue weighted by molar-refractivity contribution is -0.124. The average molecular weight is 284 g/mol. The SMILES string of the molecule is NCC1CCCCC1C(=O)Cc1c(F)cccc1Cl. The summed E-state index contributed by atoms with van der Waals surface area (Å²) in [7, 11) is 0. The van der Waals surface area contributed by atoms with Crippen LogP contribution in [0.15, 0.2) is 18.2 Å². The number of carbonyl (C=O) groups is 1. The van der Waals surface area contributed by atoms with E-state index in [0.29, 0.717) is 17.1 Å². The highest BCUT2D eigenvalue weighted by Crippen LogP contribution is 2.31. The van der Waals surface area contributed by atoms with Crippen molar-refractivity contribution in [3.8, 4) is 0 Å². The molecule has 19 heavy (non-hydrogen) atoms. The minimum Gasteiger partial charge on any atom is -0.330 e. The monoisotopic (exact) mass is 283 g/mol. The Kier molecular flexibility index (Phi) is 4.94. The maximum atomic E-state index is 13.7. The van der Waals surface area contributed by atoms with Gasteiger partial charge >= 0.3 is 0 Å². The third-order valence-electron chi connectivity index (χ3n) is 4.04. The van der Waals surface area contributed by atoms with E-state index in [0.717, 1.165) is 25.7 Å². The molecule has 1 saturated carbocycles. The number of benzene rings is 1. The van der Waals surface area contributed by atoms with Crippen LogP contribution in [0.25, 0.3) is 0 Å². The van der Waals surface area contributed by atoms with Gasteiger partial charge in [-0.05, 0) is 37.4 Å². The molecule has 1 aromatic rings. The summed E-state index contributed by atoms with van der Waals surface area (Å²) in [6, 6.07) is 4.51. The van der Waals surface area contributed by atoms with Crippen molar-refractivity contribution in [1.29, 1.82) is 0 Å². The first-order chi connectivity index (χ1) is 9.13. The van der Waals surface area contributed by atoms with Crippen LogP contribution in [-0.4, -0.2) is 12.3 Å². The Morgan fingerprint density at radius 2 is 2.11 bits per heavy atom. The first-order valence-corrected chi connectivity index (χ1v) is 7.17. The highest BCUT2D eigenvalue weighted by molar-refractivity contribution is 6.31. The summed E-state index contributed by atoms with van der Waals surface area (Å²) in [5.74, 6) is -0.121. The molecule has 0 heterocycles. The Morgan fingerprint density at radius 3 is 2.79 bits per heavy atom. The number of Topliss-reactive ketones (excluding diaryl/α,β-unsaturated/α-hetero) is 1. The van der Waals surface area contributed by atoms with Gasteiger partial charge in [-0.1, -0.05) is 30.5 Å². The van der Waals surface area contributed by atoms with Crippen molar-refractivity contribution in [2.75, 3.05) is 6.54 Å². The van der Waals surface area contributed by atoms with Gasteiger partial charge in [0.15, 0.2) is 0 Å². The van der Waals surface area contributed by atoms with Crippen LogP contribution in [0.2, 0.25) is 5.02 Å². The van der Waals surface area contributed by atoms with Crippen LogP contribution >= 0.6 is 11.6 Å². The van der Waals surface area contributed by atoms with E-state index in [1.807, 2.05) is 0 Å². The highest BCUT2D eigenvalue weighted by Gasteiger charge is 2.30. The van der Waals surface area contributed by atoms with E-state index in [2.05, 4.69) is 0 Å². The van der Waals surface area contributed by atoms with Gasteiger partial charge in [-0.3, -0.25) is 4.79 Å². The summed E-state index contributed by atoms with van der Waals surface area (Å²) >= 11 is 5.97. The molecule has 104 valence electrons. The first-order valence-electron chi connectivity index (χ1n) is 6.79. The standard InChI is InChI=1S/C15H19ClFNO/c16-13-6-3-7-14(17)12(13)8-15(19)11-5-2-1-4-10(11)9-18/h3,6-7,10-11H,1-2,4-5,8-9,18H2. The van der Waals surface area contributed by atoms with Crippen molar-refractivity contribution >= 4 is 17.4 Å². The van der Waals surface area contributed by atoms with Crippen molar-refractivity contribution in [2.45, 2.75) is 32.1 Å². The number of ketones is 1. The molecule has 0 spiro atoms. The molecule has 2 nitrogen and oxygen atoms in total. The topological polar surface area (TPSA) is 43.1 Å². The molecule has 0 aliphatic heterocycles. The summed E-state index contributed by atoms with van der Waals surface area (Å²) < 4.78 is 13.7. The molecule has 1 fully saturated rings. The molecular formula is C15H19ClFNO. The first kappa shape index (κ1) is 14.5. The minimum atomic E-state index is -0.402. The Morgan fingerprint density at radius 1 is 1.37 bits per heavy atom. The largest absolute Gasteiger partial charge is 0.330 e. The third kappa shape index (κ3) is 3.34. The van der Waals surface area contributed by atoms with Crippen molar-refractivity contribution in [2.24, 2.45) is 17.6 Å². The molecule has 1 aliphatic carbocycles. The van der Waals surface area contributed by atoms with Gasteiger partial charge in [0.2, 0.25) is 0 Å². The summed E-state index contributed by atoms with van der Waals surface area (Å²) in [4.78, 5) is 12.4. The molecule has 0 amide bonds. The van der Waals surface area contributed by atoms with Crippen LogP contribution < -0.4 is 5.73 Å². The van der Waals surface area contributed by atoms with E-state index >= 15 is 0 Å². The number of hydrogen-bond acceptors (Lipinski definition) is 2. The van der Waals surface area contributed by atoms with Gasteiger partial charge in [0.25, 0.3) is 0 Å². The predicted molar refractivity (Wildman–Crippen MR) is 74.6 cm³/mol. The molecule has 1 aliphatic rings. The van der Waals surface area contributed by atoms with Crippen LogP contribution in [0.4, 0.5) is 4.39 Å². The molecule has 2 rings (SSSR count). The Balaban J connectivity index is 2.12. The molecule has 0 aromatic heterocycles. The van der Waals surface area contributed by atoms with Crippen LogP contribution in [0.1, 0.15) is 31.2 Å². The zero-order chi connectivity index (χ0) is 13.8. The number of nitrogens with two attached hydrogens (primary N) is 1.